The highest BCUT2D eigenvalue weighted by atomic mass is 35.5. The van der Waals surface area contributed by atoms with Crippen molar-refractivity contribution < 1.29 is 9.53 Å². The molecule has 0 unspecified atom stereocenters. The molecule has 0 spiro atoms. The first kappa shape index (κ1) is 15.3. The monoisotopic (exact) mass is 305 g/mol. The molecule has 0 aliphatic carbocycles. The van der Waals surface area contributed by atoms with Crippen LogP contribution in [0.5, 0.6) is 0 Å². The number of amides is 1. The molecule has 1 aromatic carbocycles. The summed E-state index contributed by atoms with van der Waals surface area (Å²) in [5.74, 6) is -0.285. The fraction of sp³-hybridized carbons (Fsp3) is 0.200. The molecule has 0 aliphatic heterocycles. The van der Waals surface area contributed by atoms with Crippen LogP contribution in [0.15, 0.2) is 42.6 Å². The highest BCUT2D eigenvalue weighted by Gasteiger charge is 2.08. The van der Waals surface area contributed by atoms with Crippen molar-refractivity contribution in [3.8, 4) is 0 Å². The molecule has 0 bridgehead atoms. The number of methoxy groups -OCH3 is 1. The van der Waals surface area contributed by atoms with Gasteiger partial charge < -0.3 is 15.4 Å². The molecule has 0 aliphatic rings. The van der Waals surface area contributed by atoms with E-state index < -0.39 is 0 Å². The number of carbonyl (C=O) groups excluding carboxylic acids is 1. The SMILES string of the molecule is COCCNc1ccnc(C(=O)Nc2cccc(Cl)c2)c1. The molecule has 2 rings (SSSR count). The third-order valence-electron chi connectivity index (χ3n) is 2.71. The summed E-state index contributed by atoms with van der Waals surface area (Å²) >= 11 is 5.88. The van der Waals surface area contributed by atoms with Gasteiger partial charge in [0.25, 0.3) is 5.91 Å². The van der Waals surface area contributed by atoms with E-state index in [1.165, 1.54) is 0 Å². The summed E-state index contributed by atoms with van der Waals surface area (Å²) in [6.45, 7) is 1.25. The predicted octanol–water partition coefficient (Wildman–Crippen LogP) is 3.05. The van der Waals surface area contributed by atoms with Gasteiger partial charge in [0.1, 0.15) is 5.69 Å². The van der Waals surface area contributed by atoms with Gasteiger partial charge in [-0.15, -0.1) is 0 Å². The third-order valence-corrected chi connectivity index (χ3v) is 2.95. The molecule has 6 heteroatoms. The molecule has 1 amide bonds. The van der Waals surface area contributed by atoms with E-state index in [4.69, 9.17) is 16.3 Å². The Kier molecular flexibility index (Phi) is 5.54. The number of halogens is 1. The first-order chi connectivity index (χ1) is 10.2. The number of aromatic nitrogens is 1. The van der Waals surface area contributed by atoms with Gasteiger partial charge in [0.15, 0.2) is 0 Å². The van der Waals surface area contributed by atoms with Crippen molar-refractivity contribution in [3.63, 3.8) is 0 Å². The van der Waals surface area contributed by atoms with Gasteiger partial charge in [-0.3, -0.25) is 9.78 Å². The van der Waals surface area contributed by atoms with Crippen molar-refractivity contribution in [2.45, 2.75) is 0 Å². The van der Waals surface area contributed by atoms with Crippen LogP contribution in [0.2, 0.25) is 5.02 Å². The first-order valence-electron chi connectivity index (χ1n) is 6.45. The van der Waals surface area contributed by atoms with E-state index in [-0.39, 0.29) is 5.91 Å². The van der Waals surface area contributed by atoms with Gasteiger partial charge in [0.05, 0.1) is 6.61 Å². The van der Waals surface area contributed by atoms with Crippen LogP contribution in [0.25, 0.3) is 0 Å². The molecule has 2 aromatic rings. The number of nitrogens with one attached hydrogen (secondary N) is 2. The van der Waals surface area contributed by atoms with E-state index in [0.29, 0.717) is 29.6 Å². The lowest BCUT2D eigenvalue weighted by atomic mass is 10.2. The van der Waals surface area contributed by atoms with Crippen molar-refractivity contribution in [1.82, 2.24) is 4.98 Å². The largest absolute Gasteiger partial charge is 0.383 e. The minimum Gasteiger partial charge on any atom is -0.383 e. The second kappa shape index (κ2) is 7.61. The molecule has 0 saturated carbocycles. The molecule has 21 heavy (non-hydrogen) atoms. The van der Waals surface area contributed by atoms with Crippen molar-refractivity contribution in [3.05, 3.63) is 53.3 Å². The van der Waals surface area contributed by atoms with Gasteiger partial charge in [-0.2, -0.15) is 0 Å². The molecule has 5 nitrogen and oxygen atoms in total. The summed E-state index contributed by atoms with van der Waals surface area (Å²) < 4.78 is 4.96. The van der Waals surface area contributed by atoms with Crippen molar-refractivity contribution in [1.29, 1.82) is 0 Å². The Hall–Kier alpha value is -2.11. The Morgan fingerprint density at radius 2 is 2.14 bits per heavy atom. The summed E-state index contributed by atoms with van der Waals surface area (Å²) in [6.07, 6.45) is 1.59. The topological polar surface area (TPSA) is 63.2 Å². The molecule has 0 saturated heterocycles. The number of anilines is 2. The molecule has 0 radical (unpaired) electrons. The molecule has 1 aromatic heterocycles. The summed E-state index contributed by atoms with van der Waals surface area (Å²) in [6, 6.07) is 10.5. The van der Waals surface area contributed by atoms with Gasteiger partial charge in [-0.05, 0) is 30.3 Å². The van der Waals surface area contributed by atoms with Crippen LogP contribution in [0.4, 0.5) is 11.4 Å². The van der Waals surface area contributed by atoms with Crippen LogP contribution in [0.1, 0.15) is 10.5 Å². The minimum atomic E-state index is -0.285. The van der Waals surface area contributed by atoms with Gasteiger partial charge in [-0.1, -0.05) is 17.7 Å². The van der Waals surface area contributed by atoms with Crippen LogP contribution < -0.4 is 10.6 Å². The molecule has 0 atom stereocenters. The minimum absolute atomic E-state index is 0.285. The van der Waals surface area contributed by atoms with E-state index in [1.807, 2.05) is 0 Å². The van der Waals surface area contributed by atoms with Crippen LogP contribution in [-0.4, -0.2) is 31.2 Å². The molecule has 110 valence electrons. The lowest BCUT2D eigenvalue weighted by Crippen LogP contribution is -2.14. The molecule has 2 N–H and O–H groups in total. The van der Waals surface area contributed by atoms with E-state index in [0.717, 1.165) is 5.69 Å². The smallest absolute Gasteiger partial charge is 0.274 e. The Labute approximate surface area is 128 Å². The van der Waals surface area contributed by atoms with Gasteiger partial charge in [0, 0.05) is 36.2 Å². The fourth-order valence-electron chi connectivity index (χ4n) is 1.72. The van der Waals surface area contributed by atoms with Gasteiger partial charge >= 0.3 is 0 Å². The molecule has 1 heterocycles. The Morgan fingerprint density at radius 1 is 1.29 bits per heavy atom. The van der Waals surface area contributed by atoms with E-state index in [1.54, 1.807) is 49.7 Å². The third kappa shape index (κ3) is 4.73. The van der Waals surface area contributed by atoms with Crippen molar-refractivity contribution >= 4 is 28.9 Å². The number of ether oxygens (including phenoxy) is 1. The highest BCUT2D eigenvalue weighted by molar-refractivity contribution is 6.30. The number of pyridine rings is 1. The second-order valence-electron chi connectivity index (χ2n) is 4.31. The molecular weight excluding hydrogens is 290 g/mol. The van der Waals surface area contributed by atoms with Crippen molar-refractivity contribution in [2.75, 3.05) is 30.9 Å². The van der Waals surface area contributed by atoms with Crippen LogP contribution in [-0.2, 0) is 4.74 Å². The zero-order chi connectivity index (χ0) is 15.1. The Bertz CT molecular complexity index is 619. The van der Waals surface area contributed by atoms with Crippen LogP contribution >= 0.6 is 11.6 Å². The lowest BCUT2D eigenvalue weighted by Gasteiger charge is -2.08. The number of nitrogens with zero attached hydrogens (tertiary/aromatic N) is 1. The summed E-state index contributed by atoms with van der Waals surface area (Å²) in [4.78, 5) is 16.2. The van der Waals surface area contributed by atoms with Crippen LogP contribution in [0, 0.1) is 0 Å². The molecular formula is C15H16ClN3O2. The van der Waals surface area contributed by atoms with Crippen molar-refractivity contribution in [2.24, 2.45) is 0 Å². The highest BCUT2D eigenvalue weighted by Crippen LogP contribution is 2.16. The predicted molar refractivity (Wildman–Crippen MR) is 84.0 cm³/mol. The quantitative estimate of drug-likeness (QED) is 0.805. The van der Waals surface area contributed by atoms with Gasteiger partial charge in [-0.25, -0.2) is 0 Å². The number of benzene rings is 1. The summed E-state index contributed by atoms with van der Waals surface area (Å²) in [5.41, 5.74) is 1.78. The fourth-order valence-corrected chi connectivity index (χ4v) is 1.91. The average Bonchev–Trinajstić information content (AvgIpc) is 2.48. The maximum Gasteiger partial charge on any atom is 0.274 e. The first-order valence-corrected chi connectivity index (χ1v) is 6.82. The maximum atomic E-state index is 12.1. The van der Waals surface area contributed by atoms with E-state index >= 15 is 0 Å². The number of hydrogen-bond acceptors (Lipinski definition) is 4. The number of hydrogen-bond donors (Lipinski definition) is 2. The van der Waals surface area contributed by atoms with Gasteiger partial charge in [0.2, 0.25) is 0 Å². The van der Waals surface area contributed by atoms with E-state index in [9.17, 15) is 4.79 Å². The Balaban J connectivity index is 2.03. The zero-order valence-electron chi connectivity index (χ0n) is 11.6. The van der Waals surface area contributed by atoms with E-state index in [2.05, 4.69) is 15.6 Å². The summed E-state index contributed by atoms with van der Waals surface area (Å²) in [7, 11) is 1.64. The lowest BCUT2D eigenvalue weighted by molar-refractivity contribution is 0.102. The normalized spacial score (nSPS) is 10.2. The summed E-state index contributed by atoms with van der Waals surface area (Å²) in [5, 5.41) is 6.47. The average molecular weight is 306 g/mol. The number of carbonyl (C=O) groups is 1. The number of rotatable bonds is 6. The standard InChI is InChI=1S/C15H16ClN3O2/c1-21-8-7-17-12-5-6-18-14(10-12)15(20)19-13-4-2-3-11(16)9-13/h2-6,9-10H,7-8H2,1H3,(H,17,18)(H,19,20). The second-order valence-corrected chi connectivity index (χ2v) is 4.75. The van der Waals surface area contributed by atoms with Crippen LogP contribution in [0.3, 0.4) is 0 Å². The molecule has 0 fully saturated rings. The zero-order valence-corrected chi connectivity index (χ0v) is 12.4. The Morgan fingerprint density at radius 3 is 2.90 bits per heavy atom. The maximum absolute atomic E-state index is 12.1.